The lowest BCUT2D eigenvalue weighted by Crippen LogP contribution is -1.90. The number of aromatic nitrogens is 4. The second kappa shape index (κ2) is 12.7. The van der Waals surface area contributed by atoms with E-state index < -0.39 is 0 Å². The van der Waals surface area contributed by atoms with Gasteiger partial charge in [-0.25, -0.2) is 0 Å². The third-order valence-electron chi connectivity index (χ3n) is 5.77. The summed E-state index contributed by atoms with van der Waals surface area (Å²) in [7, 11) is 0. The third kappa shape index (κ3) is 6.93. The van der Waals surface area contributed by atoms with E-state index in [0.717, 1.165) is 45.0 Å². The lowest BCUT2D eigenvalue weighted by atomic mass is 9.96. The largest absolute Gasteiger partial charge is 0.257 e. The zero-order chi connectivity index (χ0) is 25.8. The van der Waals surface area contributed by atoms with E-state index in [9.17, 15) is 0 Å². The van der Waals surface area contributed by atoms with Gasteiger partial charge in [-0.1, -0.05) is 48.6 Å². The second-order valence-corrected chi connectivity index (χ2v) is 8.46. The van der Waals surface area contributed by atoms with Crippen LogP contribution in [0.3, 0.4) is 0 Å². The molecule has 0 aliphatic carbocycles. The summed E-state index contributed by atoms with van der Waals surface area (Å²) < 4.78 is 0. The van der Waals surface area contributed by atoms with E-state index in [2.05, 4.69) is 56.4 Å². The highest BCUT2D eigenvalue weighted by Gasteiger charge is 2.05. The smallest absolute Gasteiger partial charge is 0.0629 e. The molecule has 182 valence electrons. The zero-order valence-corrected chi connectivity index (χ0v) is 20.8. The summed E-state index contributed by atoms with van der Waals surface area (Å²) >= 11 is 0. The molecule has 4 heterocycles. The number of rotatable bonds is 8. The summed E-state index contributed by atoms with van der Waals surface area (Å²) in [6.07, 6.45) is 23.7. The first-order valence-corrected chi connectivity index (χ1v) is 12.4. The number of hydrogen-bond acceptors (Lipinski definition) is 4. The summed E-state index contributed by atoms with van der Waals surface area (Å²) in [6.45, 7) is 0. The van der Waals surface area contributed by atoms with Crippen molar-refractivity contribution in [1.29, 1.82) is 0 Å². The number of nitrogens with zero attached hydrogens (tertiary/aromatic N) is 4. The molecule has 0 fully saturated rings. The molecule has 0 N–H and O–H groups in total. The van der Waals surface area contributed by atoms with Crippen LogP contribution >= 0.6 is 0 Å². The molecule has 4 heteroatoms. The molecule has 0 saturated heterocycles. The topological polar surface area (TPSA) is 51.6 Å². The summed E-state index contributed by atoms with van der Waals surface area (Å²) in [6, 6.07) is 28.0. The van der Waals surface area contributed by atoms with Gasteiger partial charge >= 0.3 is 0 Å². The van der Waals surface area contributed by atoms with Gasteiger partial charge in [0, 0.05) is 24.8 Å². The first-order chi connectivity index (χ1) is 18.8. The maximum absolute atomic E-state index is 4.44. The summed E-state index contributed by atoms with van der Waals surface area (Å²) in [5.41, 5.74) is 7.87. The van der Waals surface area contributed by atoms with Crippen molar-refractivity contribution in [2.75, 3.05) is 0 Å². The van der Waals surface area contributed by atoms with Gasteiger partial charge in [0.05, 0.1) is 22.8 Å². The standard InChI is InChI=1S/C34H26N4/c1-5-21-35-31(9-1)17-13-27-25-29(15-19-33-11-3-7-23-37-33)30(16-20-34-12-4-8-24-38-34)26-28(27)14-18-32-10-2-6-22-36-32/h1-26H/b17-13+,18-14+,19-15+,20-16+. The fourth-order valence-electron chi connectivity index (χ4n) is 3.84. The van der Waals surface area contributed by atoms with E-state index in [1.54, 1.807) is 24.8 Å². The fraction of sp³-hybridized carbons (Fsp3) is 0. The Kier molecular flexibility index (Phi) is 8.15. The van der Waals surface area contributed by atoms with Crippen molar-refractivity contribution in [3.05, 3.63) is 155 Å². The molecule has 38 heavy (non-hydrogen) atoms. The molecule has 5 rings (SSSR count). The van der Waals surface area contributed by atoms with Gasteiger partial charge in [-0.15, -0.1) is 0 Å². The highest BCUT2D eigenvalue weighted by molar-refractivity contribution is 5.86. The van der Waals surface area contributed by atoms with Crippen LogP contribution in [0.4, 0.5) is 0 Å². The maximum atomic E-state index is 4.44. The van der Waals surface area contributed by atoms with Crippen molar-refractivity contribution in [2.24, 2.45) is 0 Å². The Hall–Kier alpha value is -5.22. The van der Waals surface area contributed by atoms with Crippen molar-refractivity contribution in [3.63, 3.8) is 0 Å². The zero-order valence-electron chi connectivity index (χ0n) is 20.8. The Labute approximate surface area is 223 Å². The molecular formula is C34H26N4. The van der Waals surface area contributed by atoms with Gasteiger partial charge in [0.2, 0.25) is 0 Å². The molecule has 0 amide bonds. The van der Waals surface area contributed by atoms with Crippen molar-refractivity contribution in [1.82, 2.24) is 19.9 Å². The van der Waals surface area contributed by atoms with E-state index in [1.165, 1.54) is 0 Å². The van der Waals surface area contributed by atoms with Gasteiger partial charge < -0.3 is 0 Å². The minimum Gasteiger partial charge on any atom is -0.257 e. The predicted octanol–water partition coefficient (Wildman–Crippen LogP) is 7.95. The Morgan fingerprint density at radius 1 is 0.316 bits per heavy atom. The average molecular weight is 491 g/mol. The van der Waals surface area contributed by atoms with Crippen LogP contribution in [0.5, 0.6) is 0 Å². The van der Waals surface area contributed by atoms with Crippen molar-refractivity contribution >= 4 is 48.6 Å². The van der Waals surface area contributed by atoms with Gasteiger partial charge in [0.15, 0.2) is 0 Å². The van der Waals surface area contributed by atoms with Gasteiger partial charge in [-0.3, -0.25) is 19.9 Å². The Balaban J connectivity index is 1.60. The van der Waals surface area contributed by atoms with E-state index in [4.69, 9.17) is 0 Å². The molecule has 4 aromatic heterocycles. The highest BCUT2D eigenvalue weighted by Crippen LogP contribution is 2.25. The molecule has 0 spiro atoms. The molecule has 0 saturated carbocycles. The molecule has 0 aliphatic heterocycles. The van der Waals surface area contributed by atoms with Crippen molar-refractivity contribution in [3.8, 4) is 0 Å². The van der Waals surface area contributed by atoms with Crippen LogP contribution in [0.2, 0.25) is 0 Å². The van der Waals surface area contributed by atoms with Crippen LogP contribution in [0.25, 0.3) is 48.6 Å². The fourth-order valence-corrected chi connectivity index (χ4v) is 3.84. The predicted molar refractivity (Wildman–Crippen MR) is 159 cm³/mol. The Morgan fingerprint density at radius 3 is 0.789 bits per heavy atom. The summed E-state index contributed by atoms with van der Waals surface area (Å²) in [4.78, 5) is 17.8. The van der Waals surface area contributed by atoms with Gasteiger partial charge in [0.25, 0.3) is 0 Å². The lowest BCUT2D eigenvalue weighted by molar-refractivity contribution is 1.30. The summed E-state index contributed by atoms with van der Waals surface area (Å²) in [5, 5.41) is 0. The molecule has 0 bridgehead atoms. The number of hydrogen-bond donors (Lipinski definition) is 0. The second-order valence-electron chi connectivity index (χ2n) is 8.46. The third-order valence-corrected chi connectivity index (χ3v) is 5.77. The lowest BCUT2D eigenvalue weighted by Gasteiger charge is -2.09. The molecule has 5 aromatic rings. The molecule has 0 atom stereocenters. The van der Waals surface area contributed by atoms with E-state index in [-0.39, 0.29) is 0 Å². The van der Waals surface area contributed by atoms with Crippen LogP contribution < -0.4 is 0 Å². The number of pyridine rings is 4. The molecule has 0 unspecified atom stereocenters. The summed E-state index contributed by atoms with van der Waals surface area (Å²) in [5.74, 6) is 0. The van der Waals surface area contributed by atoms with Crippen LogP contribution in [-0.2, 0) is 0 Å². The van der Waals surface area contributed by atoms with Gasteiger partial charge in [0.1, 0.15) is 0 Å². The van der Waals surface area contributed by atoms with Crippen LogP contribution in [0.1, 0.15) is 45.0 Å². The maximum Gasteiger partial charge on any atom is 0.0629 e. The first-order valence-electron chi connectivity index (χ1n) is 12.4. The van der Waals surface area contributed by atoms with E-state index in [1.807, 2.05) is 97.1 Å². The average Bonchev–Trinajstić information content (AvgIpc) is 2.99. The molecule has 0 radical (unpaired) electrons. The quantitative estimate of drug-likeness (QED) is 0.221. The SMILES string of the molecule is C(=C\c1cc(/C=C/c2ccccn2)c(/C=C/c2ccccn2)cc1/C=C/c1ccccn1)/c1ccccn1. The molecular weight excluding hydrogens is 464 g/mol. The van der Waals surface area contributed by atoms with E-state index in [0.29, 0.717) is 0 Å². The van der Waals surface area contributed by atoms with Crippen LogP contribution in [-0.4, -0.2) is 19.9 Å². The first kappa shape index (κ1) is 24.5. The van der Waals surface area contributed by atoms with Gasteiger partial charge in [-0.05, 0) is 107 Å². The molecule has 0 aliphatic rings. The molecule has 4 nitrogen and oxygen atoms in total. The van der Waals surface area contributed by atoms with E-state index >= 15 is 0 Å². The molecule has 1 aromatic carbocycles. The number of benzene rings is 1. The van der Waals surface area contributed by atoms with Gasteiger partial charge in [-0.2, -0.15) is 0 Å². The monoisotopic (exact) mass is 490 g/mol. The Morgan fingerprint density at radius 2 is 0.579 bits per heavy atom. The van der Waals surface area contributed by atoms with Crippen molar-refractivity contribution < 1.29 is 0 Å². The minimum atomic E-state index is 0.900. The highest BCUT2D eigenvalue weighted by atomic mass is 14.7. The normalized spacial score (nSPS) is 11.8. The Bertz CT molecular complexity index is 1330. The van der Waals surface area contributed by atoms with Crippen molar-refractivity contribution in [2.45, 2.75) is 0 Å². The van der Waals surface area contributed by atoms with Crippen LogP contribution in [0.15, 0.2) is 110 Å². The minimum absolute atomic E-state index is 0.900. The van der Waals surface area contributed by atoms with Crippen LogP contribution in [0, 0.1) is 0 Å².